The summed E-state index contributed by atoms with van der Waals surface area (Å²) in [6, 6.07) is 0. The van der Waals surface area contributed by atoms with Crippen LogP contribution in [0.15, 0.2) is 0 Å². The number of hydrogen-bond donors (Lipinski definition) is 0. The Morgan fingerprint density at radius 2 is 0.875 bits per heavy atom. The molecule has 0 unspecified atom stereocenters. The first-order valence-electron chi connectivity index (χ1n) is 6.07. The van der Waals surface area contributed by atoms with Crippen molar-refractivity contribution in [2.75, 3.05) is 18.5 Å². The second-order valence-corrected chi connectivity index (χ2v) is 6.59. The van der Waals surface area contributed by atoms with Crippen LogP contribution in [0.1, 0.15) is 59.3 Å². The summed E-state index contributed by atoms with van der Waals surface area (Å²) in [6.45, 7) is 6.94. The third-order valence-corrected chi connectivity index (χ3v) is 5.33. The average Bonchev–Trinajstić information content (AvgIpc) is 2.17. The molecular weight excluding hydrogens is 272 g/mol. The fraction of sp³-hybridized carbons (Fsp3) is 1.00. The van der Waals surface area contributed by atoms with Crippen LogP contribution in [0.5, 0.6) is 0 Å². The summed E-state index contributed by atoms with van der Waals surface area (Å²) in [6.07, 6.45) is 13.2. The maximum absolute atomic E-state index is 2.31. The number of unbranched alkanes of at least 4 members (excludes halogenated alkanes) is 3. The van der Waals surface area contributed by atoms with E-state index in [9.17, 15) is 0 Å². The Morgan fingerprint density at radius 3 is 1.06 bits per heavy atom. The molecule has 0 saturated heterocycles. The van der Waals surface area contributed by atoms with E-state index < -0.39 is 0 Å². The van der Waals surface area contributed by atoms with E-state index in [1.807, 2.05) is 0 Å². The van der Waals surface area contributed by atoms with Crippen molar-refractivity contribution in [3.8, 4) is 0 Å². The Bertz CT molecular complexity index is 86.0. The second kappa shape index (κ2) is 21.1. The molecule has 0 nitrogen and oxygen atoms in total. The molecule has 0 atom stereocenters. The zero-order valence-corrected chi connectivity index (χ0v) is 12.8. The van der Waals surface area contributed by atoms with E-state index in [0.717, 1.165) is 0 Å². The maximum Gasteiger partial charge on any atom is 2.00 e. The first kappa shape index (κ1) is 25.6. The van der Waals surface area contributed by atoms with E-state index in [4.69, 9.17) is 0 Å². The van der Waals surface area contributed by atoms with Gasteiger partial charge in [-0.05, 0) is 37.7 Å². The average molecular weight is 299 g/mol. The molecule has 0 aromatic carbocycles. The molecule has 0 heterocycles. The van der Waals surface area contributed by atoms with Gasteiger partial charge in [0.25, 0.3) is 0 Å². The van der Waals surface area contributed by atoms with Gasteiger partial charge in [-0.3, -0.25) is 0 Å². The number of rotatable bonds is 9. The Balaban J connectivity index is -0.000000240. The van der Waals surface area contributed by atoms with Crippen molar-refractivity contribution in [1.82, 2.24) is 0 Å². The van der Waals surface area contributed by atoms with Crippen molar-refractivity contribution in [2.45, 2.75) is 59.3 Å². The van der Waals surface area contributed by atoms with E-state index in [1.165, 1.54) is 38.5 Å². The first-order chi connectivity index (χ1) is 6.35. The molecule has 0 N–H and O–H groups in total. The van der Waals surface area contributed by atoms with Crippen molar-refractivity contribution in [3.05, 3.63) is 0 Å². The number of hydrogen-bond acceptors (Lipinski definition) is 0. The van der Waals surface area contributed by atoms with Crippen LogP contribution >= 0.6 is 7.92 Å². The molecular formula is C12H27F2NiP. The summed E-state index contributed by atoms with van der Waals surface area (Å²) in [5.41, 5.74) is 0. The van der Waals surface area contributed by atoms with Crippen LogP contribution in [-0.2, 0) is 16.5 Å². The van der Waals surface area contributed by atoms with Gasteiger partial charge in [-0.2, -0.15) is 0 Å². The van der Waals surface area contributed by atoms with Crippen molar-refractivity contribution in [1.29, 1.82) is 0 Å². The van der Waals surface area contributed by atoms with Crippen molar-refractivity contribution < 1.29 is 25.9 Å². The standard InChI is InChI=1S/C12H27P.2FH.Ni/c1-4-7-10-13(11-8-5-2)12-9-6-3;;;/h4-12H2,1-3H3;2*1H;/q;;;+2/p-2. The number of halogens is 2. The van der Waals surface area contributed by atoms with Gasteiger partial charge in [0.05, 0.1) is 0 Å². The van der Waals surface area contributed by atoms with Crippen molar-refractivity contribution in [3.63, 3.8) is 0 Å². The van der Waals surface area contributed by atoms with Crippen LogP contribution in [0.3, 0.4) is 0 Å². The maximum atomic E-state index is 2.31. The third kappa shape index (κ3) is 17.2. The van der Waals surface area contributed by atoms with E-state index >= 15 is 0 Å². The van der Waals surface area contributed by atoms with Gasteiger partial charge in [-0.1, -0.05) is 40.0 Å². The van der Waals surface area contributed by atoms with Gasteiger partial charge in [0.2, 0.25) is 0 Å². The molecule has 0 saturated carbocycles. The van der Waals surface area contributed by atoms with E-state index in [2.05, 4.69) is 20.8 Å². The van der Waals surface area contributed by atoms with Gasteiger partial charge >= 0.3 is 16.5 Å². The molecule has 0 spiro atoms. The minimum absolute atomic E-state index is 0. The zero-order chi connectivity index (χ0) is 9.94. The normalized spacial score (nSPS) is 9.00. The summed E-state index contributed by atoms with van der Waals surface area (Å²) >= 11 is 0. The molecule has 0 amide bonds. The predicted octanol–water partition coefficient (Wildman–Crippen LogP) is -1.13. The largest absolute Gasteiger partial charge is 2.00 e. The summed E-state index contributed by atoms with van der Waals surface area (Å²) in [7, 11) is 0.422. The van der Waals surface area contributed by atoms with Gasteiger partial charge in [-0.25, -0.2) is 0 Å². The summed E-state index contributed by atoms with van der Waals surface area (Å²) in [5.74, 6) is 0. The molecule has 0 rings (SSSR count). The Labute approximate surface area is 112 Å². The van der Waals surface area contributed by atoms with Crippen LogP contribution in [0.25, 0.3) is 0 Å². The fourth-order valence-electron chi connectivity index (χ4n) is 1.48. The fourth-order valence-corrected chi connectivity index (χ4v) is 4.44. The quantitative estimate of drug-likeness (QED) is 0.373. The topological polar surface area (TPSA) is 0 Å². The molecule has 0 aromatic heterocycles. The van der Waals surface area contributed by atoms with Gasteiger partial charge in [0, 0.05) is 0 Å². The van der Waals surface area contributed by atoms with Gasteiger partial charge < -0.3 is 9.41 Å². The molecule has 0 aliphatic carbocycles. The van der Waals surface area contributed by atoms with Crippen LogP contribution in [0.4, 0.5) is 0 Å². The molecule has 4 heteroatoms. The summed E-state index contributed by atoms with van der Waals surface area (Å²) < 4.78 is 0. The molecule has 104 valence electrons. The first-order valence-corrected chi connectivity index (χ1v) is 7.97. The molecule has 0 aromatic rings. The molecule has 0 aliphatic rings. The van der Waals surface area contributed by atoms with E-state index in [1.54, 1.807) is 18.5 Å². The minimum Gasteiger partial charge on any atom is -1.00 e. The Kier molecular flexibility index (Phi) is 33.8. The Hall–Kier alpha value is 0.784. The van der Waals surface area contributed by atoms with Gasteiger partial charge in [0.15, 0.2) is 0 Å². The van der Waals surface area contributed by atoms with E-state index in [-0.39, 0.29) is 25.9 Å². The molecule has 16 heavy (non-hydrogen) atoms. The second-order valence-electron chi connectivity index (χ2n) is 3.90. The monoisotopic (exact) mass is 298 g/mol. The Morgan fingerprint density at radius 1 is 0.625 bits per heavy atom. The van der Waals surface area contributed by atoms with Crippen molar-refractivity contribution >= 4 is 7.92 Å². The van der Waals surface area contributed by atoms with Gasteiger partial charge in [-0.15, -0.1) is 7.92 Å². The molecule has 0 aliphatic heterocycles. The molecule has 0 radical (unpaired) electrons. The van der Waals surface area contributed by atoms with Crippen molar-refractivity contribution in [2.24, 2.45) is 0 Å². The van der Waals surface area contributed by atoms with Crippen LogP contribution in [0.2, 0.25) is 0 Å². The van der Waals surface area contributed by atoms with Crippen LogP contribution in [0, 0.1) is 0 Å². The predicted molar refractivity (Wildman–Crippen MR) is 66.2 cm³/mol. The summed E-state index contributed by atoms with van der Waals surface area (Å²) in [5, 5.41) is 0. The van der Waals surface area contributed by atoms with Crippen LogP contribution < -0.4 is 9.41 Å². The zero-order valence-electron chi connectivity index (χ0n) is 10.9. The minimum atomic E-state index is 0. The molecule has 0 bridgehead atoms. The van der Waals surface area contributed by atoms with Crippen LogP contribution in [-0.4, -0.2) is 18.5 Å². The van der Waals surface area contributed by atoms with E-state index in [0.29, 0.717) is 7.92 Å². The SMILES string of the molecule is CCCCP(CCCC)CCCC.[F-].[F-].[Ni+2]. The summed E-state index contributed by atoms with van der Waals surface area (Å²) in [4.78, 5) is 0. The smallest absolute Gasteiger partial charge is 1.00 e. The third-order valence-electron chi connectivity index (χ3n) is 2.48. The molecule has 0 fully saturated rings. The van der Waals surface area contributed by atoms with Gasteiger partial charge in [0.1, 0.15) is 0 Å².